The molecule has 2 aromatic rings. The number of carbonyl (C=O) groups is 1. The van der Waals surface area contributed by atoms with Crippen molar-refractivity contribution < 1.29 is 17.6 Å². The monoisotopic (exact) mass is 418 g/mol. The molecule has 7 heteroatoms. The molecule has 5 nitrogen and oxygen atoms in total. The second-order valence-corrected chi connectivity index (χ2v) is 9.67. The number of rotatable bonds is 6. The van der Waals surface area contributed by atoms with Gasteiger partial charge in [-0.25, -0.2) is 17.1 Å². The molecule has 1 aliphatic heterocycles. The van der Waals surface area contributed by atoms with Crippen LogP contribution < -0.4 is 5.32 Å². The van der Waals surface area contributed by atoms with Crippen LogP contribution >= 0.6 is 0 Å². The predicted octanol–water partition coefficient (Wildman–Crippen LogP) is 3.55. The van der Waals surface area contributed by atoms with Gasteiger partial charge in [0.25, 0.3) is 0 Å². The average Bonchev–Trinajstić information content (AvgIpc) is 2.70. The van der Waals surface area contributed by atoms with Crippen LogP contribution in [0.15, 0.2) is 48.5 Å². The number of hydrogen-bond acceptors (Lipinski definition) is 3. The van der Waals surface area contributed by atoms with E-state index in [0.717, 1.165) is 16.7 Å². The van der Waals surface area contributed by atoms with Crippen molar-refractivity contribution in [2.24, 2.45) is 5.92 Å². The fourth-order valence-electron chi connectivity index (χ4n) is 3.55. The minimum atomic E-state index is -3.40. The zero-order valence-corrected chi connectivity index (χ0v) is 17.6. The number of piperidine rings is 1. The standard InChI is InChI=1S/C22H27FN2O3S/c1-16-3-5-18(6-4-16)15-29(27,28)25-13-11-20(12-14-25)22(26)24-17(2)19-7-9-21(23)10-8-19/h3-10,17,20H,11-15H2,1-2H3,(H,24,26). The third-order valence-electron chi connectivity index (χ3n) is 5.42. The highest BCUT2D eigenvalue weighted by atomic mass is 32.2. The van der Waals surface area contributed by atoms with E-state index in [-0.39, 0.29) is 29.4 Å². The van der Waals surface area contributed by atoms with Gasteiger partial charge in [0.15, 0.2) is 0 Å². The summed E-state index contributed by atoms with van der Waals surface area (Å²) in [6.07, 6.45) is 0.990. The molecule has 29 heavy (non-hydrogen) atoms. The van der Waals surface area contributed by atoms with Gasteiger partial charge in [-0.15, -0.1) is 0 Å². The molecule has 1 amide bonds. The molecule has 1 heterocycles. The molecule has 3 rings (SSSR count). The summed E-state index contributed by atoms with van der Waals surface area (Å²) in [6.45, 7) is 4.51. The second kappa shape index (κ2) is 9.05. The topological polar surface area (TPSA) is 66.5 Å². The van der Waals surface area contributed by atoms with Gasteiger partial charge in [0.1, 0.15) is 5.82 Å². The van der Waals surface area contributed by atoms with E-state index in [1.54, 1.807) is 12.1 Å². The van der Waals surface area contributed by atoms with E-state index < -0.39 is 10.0 Å². The Morgan fingerprint density at radius 1 is 1.10 bits per heavy atom. The summed E-state index contributed by atoms with van der Waals surface area (Å²) in [5.41, 5.74) is 2.69. The Kier molecular flexibility index (Phi) is 6.70. The van der Waals surface area contributed by atoms with E-state index in [0.29, 0.717) is 25.9 Å². The molecule has 1 unspecified atom stereocenters. The predicted molar refractivity (Wildman–Crippen MR) is 111 cm³/mol. The van der Waals surface area contributed by atoms with Crippen molar-refractivity contribution in [2.45, 2.75) is 38.5 Å². The second-order valence-electron chi connectivity index (χ2n) is 7.70. The number of nitrogens with zero attached hydrogens (tertiary/aromatic N) is 1. The first kappa shape index (κ1) is 21.5. The number of aryl methyl sites for hydroxylation is 1. The number of benzene rings is 2. The molecular formula is C22H27FN2O3S. The normalized spacial score (nSPS) is 17.1. The number of amides is 1. The van der Waals surface area contributed by atoms with Crippen LogP contribution in [0.25, 0.3) is 0 Å². The molecule has 1 aliphatic rings. The van der Waals surface area contributed by atoms with Crippen molar-refractivity contribution in [1.29, 1.82) is 0 Å². The maximum Gasteiger partial charge on any atom is 0.223 e. The zero-order valence-electron chi connectivity index (χ0n) is 16.8. The van der Waals surface area contributed by atoms with Crippen LogP contribution in [0.5, 0.6) is 0 Å². The van der Waals surface area contributed by atoms with Crippen molar-refractivity contribution in [2.75, 3.05) is 13.1 Å². The van der Waals surface area contributed by atoms with Crippen LogP contribution in [0.4, 0.5) is 4.39 Å². The van der Waals surface area contributed by atoms with Crippen LogP contribution in [0.3, 0.4) is 0 Å². The van der Waals surface area contributed by atoms with Gasteiger partial charge in [0.05, 0.1) is 11.8 Å². The first-order valence-electron chi connectivity index (χ1n) is 9.84. The Balaban J connectivity index is 1.53. The lowest BCUT2D eigenvalue weighted by molar-refractivity contribution is -0.126. The average molecular weight is 419 g/mol. The SMILES string of the molecule is Cc1ccc(CS(=O)(=O)N2CCC(C(=O)NC(C)c3ccc(F)cc3)CC2)cc1. The summed E-state index contributed by atoms with van der Waals surface area (Å²) < 4.78 is 39.9. The summed E-state index contributed by atoms with van der Waals surface area (Å²) in [5.74, 6) is -0.640. The van der Waals surface area contributed by atoms with Gasteiger partial charge in [0, 0.05) is 19.0 Å². The van der Waals surface area contributed by atoms with E-state index in [4.69, 9.17) is 0 Å². The van der Waals surface area contributed by atoms with Crippen molar-refractivity contribution in [3.8, 4) is 0 Å². The van der Waals surface area contributed by atoms with Gasteiger partial charge in [-0.2, -0.15) is 0 Å². The molecule has 0 aromatic heterocycles. The Hall–Kier alpha value is -2.25. The number of nitrogens with one attached hydrogen (secondary N) is 1. The Labute approximate surface area is 172 Å². The van der Waals surface area contributed by atoms with E-state index in [9.17, 15) is 17.6 Å². The highest BCUT2D eigenvalue weighted by Gasteiger charge is 2.31. The fourth-order valence-corrected chi connectivity index (χ4v) is 5.11. The lowest BCUT2D eigenvalue weighted by Crippen LogP contribution is -2.43. The van der Waals surface area contributed by atoms with Gasteiger partial charge in [0.2, 0.25) is 15.9 Å². The van der Waals surface area contributed by atoms with Gasteiger partial charge in [-0.1, -0.05) is 42.0 Å². The van der Waals surface area contributed by atoms with Gasteiger partial charge in [-0.05, 0) is 49.9 Å². The van der Waals surface area contributed by atoms with Gasteiger partial charge in [-0.3, -0.25) is 4.79 Å². The van der Waals surface area contributed by atoms with Crippen LogP contribution in [0.2, 0.25) is 0 Å². The van der Waals surface area contributed by atoms with E-state index >= 15 is 0 Å². The summed E-state index contributed by atoms with van der Waals surface area (Å²) in [5, 5.41) is 2.95. The van der Waals surface area contributed by atoms with Crippen molar-refractivity contribution in [1.82, 2.24) is 9.62 Å². The van der Waals surface area contributed by atoms with E-state index in [1.165, 1.54) is 16.4 Å². The number of hydrogen-bond donors (Lipinski definition) is 1. The lowest BCUT2D eigenvalue weighted by Gasteiger charge is -2.31. The largest absolute Gasteiger partial charge is 0.349 e. The van der Waals surface area contributed by atoms with E-state index in [1.807, 2.05) is 38.1 Å². The fraction of sp³-hybridized carbons (Fsp3) is 0.409. The molecule has 0 spiro atoms. The molecular weight excluding hydrogens is 391 g/mol. The molecule has 156 valence electrons. The van der Waals surface area contributed by atoms with Crippen molar-refractivity contribution >= 4 is 15.9 Å². The molecule has 0 saturated carbocycles. The first-order valence-corrected chi connectivity index (χ1v) is 11.4. The number of carbonyl (C=O) groups excluding carboxylic acids is 1. The minimum Gasteiger partial charge on any atom is -0.349 e. The van der Waals surface area contributed by atoms with Crippen molar-refractivity contribution in [3.05, 3.63) is 71.0 Å². The number of halogens is 1. The molecule has 0 bridgehead atoms. The minimum absolute atomic E-state index is 0.0221. The molecule has 1 fully saturated rings. The number of sulfonamides is 1. The quantitative estimate of drug-likeness (QED) is 0.780. The highest BCUT2D eigenvalue weighted by Crippen LogP contribution is 2.23. The summed E-state index contributed by atoms with van der Waals surface area (Å²) >= 11 is 0. The molecule has 1 saturated heterocycles. The Bertz CT molecular complexity index is 935. The Morgan fingerprint density at radius 2 is 1.69 bits per heavy atom. The van der Waals surface area contributed by atoms with Gasteiger partial charge >= 0.3 is 0 Å². The Morgan fingerprint density at radius 3 is 2.28 bits per heavy atom. The van der Waals surface area contributed by atoms with Crippen LogP contribution in [-0.2, 0) is 20.6 Å². The highest BCUT2D eigenvalue weighted by molar-refractivity contribution is 7.88. The van der Waals surface area contributed by atoms with Gasteiger partial charge < -0.3 is 5.32 Å². The van der Waals surface area contributed by atoms with Crippen LogP contribution in [0.1, 0.15) is 42.5 Å². The smallest absolute Gasteiger partial charge is 0.223 e. The maximum atomic E-state index is 13.1. The lowest BCUT2D eigenvalue weighted by atomic mass is 9.96. The first-order chi connectivity index (χ1) is 13.7. The van der Waals surface area contributed by atoms with Crippen LogP contribution in [-0.4, -0.2) is 31.7 Å². The molecule has 0 aliphatic carbocycles. The zero-order chi connectivity index (χ0) is 21.0. The van der Waals surface area contributed by atoms with Crippen molar-refractivity contribution in [3.63, 3.8) is 0 Å². The van der Waals surface area contributed by atoms with E-state index in [2.05, 4.69) is 5.32 Å². The summed E-state index contributed by atoms with van der Waals surface area (Å²) in [4.78, 5) is 12.6. The maximum absolute atomic E-state index is 13.1. The molecule has 0 radical (unpaired) electrons. The third-order valence-corrected chi connectivity index (χ3v) is 7.27. The summed E-state index contributed by atoms with van der Waals surface area (Å²) in [6, 6.07) is 13.3. The molecule has 2 aromatic carbocycles. The molecule has 1 N–H and O–H groups in total. The van der Waals surface area contributed by atoms with Crippen LogP contribution in [0, 0.1) is 18.7 Å². The summed E-state index contributed by atoms with van der Waals surface area (Å²) in [7, 11) is -3.40. The third kappa shape index (κ3) is 5.64. The molecule has 1 atom stereocenters.